The molecule has 0 atom stereocenters. The van der Waals surface area contributed by atoms with Gasteiger partial charge < -0.3 is 57.6 Å². The predicted molar refractivity (Wildman–Crippen MR) is 390 cm³/mol. The van der Waals surface area contributed by atoms with Crippen LogP contribution in [0.4, 0.5) is 22.0 Å². The average molecular weight is 1490 g/mol. The van der Waals surface area contributed by atoms with Gasteiger partial charge in [0, 0.05) is 79.6 Å². The summed E-state index contributed by atoms with van der Waals surface area (Å²) in [5, 5.41) is 27.3. The number of aldehydes is 2. The maximum Gasteiger partial charge on any atom is 0.491 e. The fourth-order valence-corrected chi connectivity index (χ4v) is 9.94. The Kier molecular flexibility index (Phi) is 30.5. The monoisotopic (exact) mass is 1490 g/mol. The first-order chi connectivity index (χ1) is 49.4. The van der Waals surface area contributed by atoms with E-state index in [1.54, 1.807) is 72.2 Å². The summed E-state index contributed by atoms with van der Waals surface area (Å²) < 4.78 is 98.3. The second-order valence-corrected chi connectivity index (χ2v) is 24.4. The van der Waals surface area contributed by atoms with Gasteiger partial charge in [0.25, 0.3) is 6.01 Å². The lowest BCUT2D eigenvalue weighted by Gasteiger charge is -2.12. The van der Waals surface area contributed by atoms with Crippen LogP contribution in [0.5, 0.6) is 29.0 Å². The molecule has 0 saturated carbocycles. The van der Waals surface area contributed by atoms with Crippen LogP contribution in [-0.2, 0) is 61.1 Å². The first kappa shape index (κ1) is 79.6. The van der Waals surface area contributed by atoms with E-state index in [0.717, 1.165) is 56.8 Å². The lowest BCUT2D eigenvalue weighted by atomic mass is 9.80. The summed E-state index contributed by atoms with van der Waals surface area (Å²) in [7, 11) is 14.9. The van der Waals surface area contributed by atoms with Gasteiger partial charge in [-0.1, -0.05) is 109 Å². The highest BCUT2D eigenvalue weighted by Crippen LogP contribution is 2.30. The Hall–Kier alpha value is -10.7. The molecule has 4 aromatic heterocycles. The average Bonchev–Trinajstić information content (AvgIpc) is 1.72. The number of aromatic nitrogens is 8. The van der Waals surface area contributed by atoms with Crippen LogP contribution in [0.1, 0.15) is 49.3 Å². The molecule has 3 N–H and O–H groups in total. The molecule has 8 aromatic carbocycles. The van der Waals surface area contributed by atoms with Crippen LogP contribution >= 0.6 is 27.5 Å². The van der Waals surface area contributed by atoms with Crippen molar-refractivity contribution in [2.75, 3.05) is 35.3 Å². The number of methoxy groups -OCH3 is 1. The minimum atomic E-state index is -1.81. The lowest BCUT2D eigenvalue weighted by molar-refractivity contribution is 0.110. The molecule has 0 spiro atoms. The summed E-state index contributed by atoms with van der Waals surface area (Å²) in [6.45, 7) is 2.52. The lowest BCUT2D eigenvalue weighted by Crippen LogP contribution is -2.32. The number of benzene rings is 8. The van der Waals surface area contributed by atoms with E-state index in [-0.39, 0.29) is 28.4 Å². The Morgan fingerprint density at radius 2 is 0.903 bits per heavy atom. The van der Waals surface area contributed by atoms with Crippen LogP contribution in [0, 0.1) is 29.1 Å². The van der Waals surface area contributed by atoms with Crippen LogP contribution in [0.3, 0.4) is 0 Å². The summed E-state index contributed by atoms with van der Waals surface area (Å²) in [6, 6.07) is 51.2. The van der Waals surface area contributed by atoms with Gasteiger partial charge in [0.15, 0.2) is 18.4 Å². The van der Waals surface area contributed by atoms with Gasteiger partial charge in [0.2, 0.25) is 0 Å². The largest absolute Gasteiger partial charge is 0.508 e. The summed E-state index contributed by atoms with van der Waals surface area (Å²) in [4.78, 5) is 41.5. The van der Waals surface area contributed by atoms with E-state index in [1.807, 2.05) is 159 Å². The molecular formula is C76H76BBrClF5N10O9. The van der Waals surface area contributed by atoms with E-state index < -0.39 is 30.4 Å². The number of imidazole rings is 4. The molecule has 536 valence electrons. The number of hydrogen-bond donors (Lipinski definition) is 3. The fourth-order valence-electron chi connectivity index (χ4n) is 9.53. The molecule has 0 unspecified atom stereocenters. The van der Waals surface area contributed by atoms with E-state index in [4.69, 9.17) is 40.6 Å². The van der Waals surface area contributed by atoms with Gasteiger partial charge in [-0.3, -0.25) is 14.2 Å². The maximum absolute atomic E-state index is 14.6. The molecule has 0 aliphatic carbocycles. The van der Waals surface area contributed by atoms with Crippen molar-refractivity contribution < 1.29 is 65.6 Å². The van der Waals surface area contributed by atoms with Crippen molar-refractivity contribution in [2.45, 2.75) is 32.9 Å². The molecule has 12 aromatic rings. The van der Waals surface area contributed by atoms with Gasteiger partial charge in [-0.15, -0.1) is 0 Å². The third kappa shape index (κ3) is 23.7. The highest BCUT2D eigenvalue weighted by Gasteiger charge is 2.19. The molecule has 27 heteroatoms. The summed E-state index contributed by atoms with van der Waals surface area (Å²) in [5.74, 6) is 0.782. The van der Waals surface area contributed by atoms with E-state index in [0.29, 0.717) is 102 Å². The maximum atomic E-state index is 14.6. The van der Waals surface area contributed by atoms with Gasteiger partial charge in [-0.2, -0.15) is 0 Å². The van der Waals surface area contributed by atoms with Crippen LogP contribution < -0.4 is 24.4 Å². The van der Waals surface area contributed by atoms with Crippen molar-refractivity contribution in [1.82, 2.24) is 48.0 Å². The van der Waals surface area contributed by atoms with E-state index in [2.05, 4.69) is 35.9 Å². The number of ether oxygens (including phenoxy) is 4. The highest BCUT2D eigenvalue weighted by atomic mass is 79.9. The van der Waals surface area contributed by atoms with Crippen molar-refractivity contribution in [3.63, 3.8) is 0 Å². The molecule has 0 aliphatic rings. The number of carbonyl (C=O) groups excluding carboxylic acids is 2. The molecule has 19 nitrogen and oxygen atoms in total. The number of nitrogens with zero attached hydrogens (tertiary/aromatic N) is 10. The third-order valence-electron chi connectivity index (χ3n) is 15.0. The van der Waals surface area contributed by atoms with Gasteiger partial charge in [-0.25, -0.2) is 41.9 Å². The predicted octanol–water partition coefficient (Wildman–Crippen LogP) is 14.0. The Labute approximate surface area is 607 Å². The minimum absolute atomic E-state index is 0.0319. The summed E-state index contributed by atoms with van der Waals surface area (Å²) >= 11 is 8.70. The van der Waals surface area contributed by atoms with Crippen LogP contribution in [0.25, 0.3) is 33.8 Å². The standard InChI is InChI=1S/C20H22FN3O.C18H15FN2O2.C13H12BFO3.C13H16FN3O.C7H4ClFO.C5H7BrN2O/c1-23(2)13-20-22-12-19(24(20)3)17-10-9-16(11-18(17)21)25-14-15-7-5-4-6-8-15;1-21-17(10-20-18(21)11-22)15-8-7-14(9-16(15)19)23-12-13-5-3-2-4-6-13;15-13-8-11(6-7-12(13)14(16)17)18-9-10-4-2-1-3-5-10;1-16(2)8-13-15-7-12(17(13)3)10-5-4-9(18)6-11(10)14;8-6-2-1-5(4-10)7(9)3-6;1-8-4(6)3-7-5(8)9-2/h4-12H,13-14H2,1-3H3;2-11H,12H2,1H3;1-8,16-17H,9H2;4-7,18H,8H2,1-3H3;1-4H;3H,1-2H3. The Morgan fingerprint density at radius 3 is 1.25 bits per heavy atom. The van der Waals surface area contributed by atoms with E-state index in [1.165, 1.54) is 48.7 Å². The number of rotatable bonds is 20. The van der Waals surface area contributed by atoms with Gasteiger partial charge in [-0.05, 0) is 121 Å². The van der Waals surface area contributed by atoms with Crippen molar-refractivity contribution in [3.8, 4) is 62.8 Å². The first-order valence-electron chi connectivity index (χ1n) is 31.5. The van der Waals surface area contributed by atoms with Crippen molar-refractivity contribution in [2.24, 2.45) is 28.2 Å². The van der Waals surface area contributed by atoms with Gasteiger partial charge in [0.05, 0.1) is 67.6 Å². The molecule has 0 aliphatic heterocycles. The van der Waals surface area contributed by atoms with Crippen LogP contribution in [0.2, 0.25) is 5.02 Å². The smallest absolute Gasteiger partial charge is 0.491 e. The van der Waals surface area contributed by atoms with Crippen LogP contribution in [-0.4, -0.2) is 118 Å². The van der Waals surface area contributed by atoms with Crippen LogP contribution in [0.15, 0.2) is 211 Å². The van der Waals surface area contributed by atoms with E-state index in [9.17, 15) is 36.6 Å². The minimum Gasteiger partial charge on any atom is -0.508 e. The molecule has 12 rings (SSSR count). The highest BCUT2D eigenvalue weighted by molar-refractivity contribution is 9.10. The quantitative estimate of drug-likeness (QED) is 0.0368. The topological polar surface area (TPSA) is 210 Å². The molecule has 4 heterocycles. The normalized spacial score (nSPS) is 10.5. The number of phenols is 1. The van der Waals surface area contributed by atoms with E-state index >= 15 is 0 Å². The molecule has 0 fully saturated rings. The van der Waals surface area contributed by atoms with Gasteiger partial charge >= 0.3 is 7.12 Å². The summed E-state index contributed by atoms with van der Waals surface area (Å²) in [6.07, 6.45) is 7.62. The number of carbonyl (C=O) groups is 2. The van der Waals surface area contributed by atoms with Crippen molar-refractivity contribution in [1.29, 1.82) is 0 Å². The zero-order chi connectivity index (χ0) is 74.7. The number of hydrogen-bond acceptors (Lipinski definition) is 15. The fraction of sp³-hybridized carbons (Fsp3) is 0.184. The van der Waals surface area contributed by atoms with Crippen molar-refractivity contribution in [3.05, 3.63) is 285 Å². The van der Waals surface area contributed by atoms with Crippen molar-refractivity contribution >= 4 is 52.7 Å². The number of aromatic hydroxyl groups is 1. The Bertz CT molecular complexity index is 4680. The second kappa shape index (κ2) is 39.5. The molecular weight excluding hydrogens is 1420 g/mol. The summed E-state index contributed by atoms with van der Waals surface area (Å²) in [5.41, 5.74) is 6.23. The number of phenolic OH excluding ortho intramolecular Hbond substituents is 1. The SMILES string of the molecule is CN(C)Cc1ncc(-c2ccc(O)cc2F)n1C.CN(C)Cc1ncc(-c2ccc(OCc3ccccc3)cc2F)n1C.COc1ncc(Br)n1C.Cn1c(-c2ccc(OCc3ccccc3)cc2F)cnc1C=O.O=Cc1ccc(Cl)cc1F.OB(O)c1ccc(OCc2ccccc2)cc1F. The molecule has 0 radical (unpaired) electrons. The first-order valence-corrected chi connectivity index (χ1v) is 32.7. The molecule has 0 saturated heterocycles. The zero-order valence-electron chi connectivity index (χ0n) is 57.8. The molecule has 103 heavy (non-hydrogen) atoms. The zero-order valence-corrected chi connectivity index (χ0v) is 60.1. The Morgan fingerprint density at radius 1 is 0.485 bits per heavy atom. The third-order valence-corrected chi connectivity index (χ3v) is 16.0. The molecule has 0 bridgehead atoms. The van der Waals surface area contributed by atoms with Gasteiger partial charge in [0.1, 0.15) is 88.2 Å². The molecule has 0 amide bonds. The Balaban J connectivity index is 0.000000178. The second-order valence-electron chi connectivity index (χ2n) is 23.1. The number of halogens is 7.